The van der Waals surface area contributed by atoms with Crippen molar-refractivity contribution in [1.29, 1.82) is 0 Å². The highest BCUT2D eigenvalue weighted by Crippen LogP contribution is 2.16. The van der Waals surface area contributed by atoms with Crippen LogP contribution in [0.15, 0.2) is 0 Å². The molecular weight excluding hydrogens is 176 g/mol. The van der Waals surface area contributed by atoms with Crippen LogP contribution in [0, 0.1) is 0 Å². The zero-order valence-electron chi connectivity index (χ0n) is 9.59. The zero-order valence-corrected chi connectivity index (χ0v) is 9.59. The van der Waals surface area contributed by atoms with Gasteiger partial charge in [0.1, 0.15) is 0 Å². The van der Waals surface area contributed by atoms with Gasteiger partial charge in [-0.15, -0.1) is 0 Å². The van der Waals surface area contributed by atoms with Gasteiger partial charge in [0.2, 0.25) is 0 Å². The van der Waals surface area contributed by atoms with Crippen LogP contribution in [0.5, 0.6) is 0 Å². The molecule has 0 aromatic rings. The lowest BCUT2D eigenvalue weighted by Gasteiger charge is -2.24. The lowest BCUT2D eigenvalue weighted by molar-refractivity contribution is 0.166. The second-order valence-corrected chi connectivity index (χ2v) is 3.99. The van der Waals surface area contributed by atoms with E-state index in [0.717, 1.165) is 25.7 Å². The highest BCUT2D eigenvalue weighted by Gasteiger charge is 2.22. The van der Waals surface area contributed by atoms with Crippen LogP contribution in [0.2, 0.25) is 0 Å². The Hall–Kier alpha value is -0.120. The molecule has 0 bridgehead atoms. The van der Waals surface area contributed by atoms with Gasteiger partial charge in [0.25, 0.3) is 0 Å². The van der Waals surface area contributed by atoms with Crippen LogP contribution in [0.3, 0.4) is 0 Å². The molecule has 0 spiro atoms. The summed E-state index contributed by atoms with van der Waals surface area (Å²) in [5.74, 6) is 0. The maximum absolute atomic E-state index is 5.08. The van der Waals surface area contributed by atoms with Gasteiger partial charge in [0, 0.05) is 32.8 Å². The summed E-state index contributed by atoms with van der Waals surface area (Å²) in [4.78, 5) is 2.60. The Kier molecular flexibility index (Phi) is 6.15. The zero-order chi connectivity index (χ0) is 10.2. The molecule has 0 radical (unpaired) electrons. The highest BCUT2D eigenvalue weighted by molar-refractivity contribution is 4.80. The molecule has 0 aromatic carbocycles. The van der Waals surface area contributed by atoms with Gasteiger partial charge in [-0.25, -0.2) is 0 Å². The number of ether oxygens (including phenoxy) is 1. The smallest absolute Gasteiger partial charge is 0.0474 e. The maximum Gasteiger partial charge on any atom is 0.0474 e. The van der Waals surface area contributed by atoms with Gasteiger partial charge in [-0.2, -0.15) is 0 Å². The summed E-state index contributed by atoms with van der Waals surface area (Å²) in [7, 11) is 1.78. The molecule has 84 valence electrons. The molecule has 1 heterocycles. The van der Waals surface area contributed by atoms with Crippen LogP contribution in [-0.4, -0.2) is 50.8 Å². The molecule has 0 amide bonds. The third kappa shape index (κ3) is 3.95. The molecule has 1 N–H and O–H groups in total. The van der Waals surface area contributed by atoms with E-state index in [1.807, 2.05) is 0 Å². The molecular formula is C11H24N2O. The van der Waals surface area contributed by atoms with Crippen molar-refractivity contribution in [3.63, 3.8) is 0 Å². The maximum atomic E-state index is 5.08. The van der Waals surface area contributed by atoms with Gasteiger partial charge in [0.05, 0.1) is 0 Å². The third-order valence-corrected chi connectivity index (χ3v) is 2.92. The van der Waals surface area contributed by atoms with E-state index in [0.29, 0.717) is 0 Å². The Balaban J connectivity index is 2.14. The van der Waals surface area contributed by atoms with Crippen molar-refractivity contribution in [3.8, 4) is 0 Å². The van der Waals surface area contributed by atoms with Crippen LogP contribution >= 0.6 is 0 Å². The molecule has 1 unspecified atom stereocenters. The lowest BCUT2D eigenvalue weighted by Crippen LogP contribution is -2.38. The molecule has 1 aliphatic rings. The first-order valence-corrected chi connectivity index (χ1v) is 5.82. The van der Waals surface area contributed by atoms with Gasteiger partial charge in [-0.05, 0) is 32.4 Å². The summed E-state index contributed by atoms with van der Waals surface area (Å²) in [6, 6.07) is 0.770. The monoisotopic (exact) mass is 200 g/mol. The first-order chi connectivity index (χ1) is 6.88. The van der Waals surface area contributed by atoms with Crippen molar-refractivity contribution in [2.75, 3.05) is 39.9 Å². The third-order valence-electron chi connectivity index (χ3n) is 2.92. The minimum Gasteiger partial charge on any atom is -0.385 e. The average molecular weight is 200 g/mol. The fraction of sp³-hybridized carbons (Fsp3) is 1.00. The molecule has 1 rings (SSSR count). The minimum atomic E-state index is 0.770. The predicted molar refractivity (Wildman–Crippen MR) is 59.6 cm³/mol. The predicted octanol–water partition coefficient (Wildman–Crippen LogP) is 1.10. The standard InChI is InChI=1S/C11H24N2O/c1-3-12-10-11-6-4-7-13(11)8-5-9-14-2/h11-12H,3-10H2,1-2H3. The largest absolute Gasteiger partial charge is 0.385 e. The van der Waals surface area contributed by atoms with Crippen molar-refractivity contribution in [2.24, 2.45) is 0 Å². The van der Waals surface area contributed by atoms with Crippen LogP contribution in [-0.2, 0) is 4.74 Å². The first-order valence-electron chi connectivity index (χ1n) is 5.82. The summed E-state index contributed by atoms with van der Waals surface area (Å²) in [6.45, 7) is 7.78. The summed E-state index contributed by atoms with van der Waals surface area (Å²) in [6.07, 6.45) is 3.89. The van der Waals surface area contributed by atoms with Crippen molar-refractivity contribution in [1.82, 2.24) is 10.2 Å². The summed E-state index contributed by atoms with van der Waals surface area (Å²) >= 11 is 0. The number of methoxy groups -OCH3 is 1. The lowest BCUT2D eigenvalue weighted by atomic mass is 10.2. The van der Waals surface area contributed by atoms with E-state index in [2.05, 4.69) is 17.1 Å². The Morgan fingerprint density at radius 3 is 3.07 bits per heavy atom. The van der Waals surface area contributed by atoms with Crippen LogP contribution in [0.4, 0.5) is 0 Å². The summed E-state index contributed by atoms with van der Waals surface area (Å²) in [5.41, 5.74) is 0. The molecule has 1 saturated heterocycles. The number of nitrogens with one attached hydrogen (secondary N) is 1. The molecule has 1 atom stereocenters. The van der Waals surface area contributed by atoms with Gasteiger partial charge in [0.15, 0.2) is 0 Å². The van der Waals surface area contributed by atoms with Crippen LogP contribution in [0.25, 0.3) is 0 Å². The number of hydrogen-bond acceptors (Lipinski definition) is 3. The molecule has 1 fully saturated rings. The second-order valence-electron chi connectivity index (χ2n) is 3.99. The summed E-state index contributed by atoms with van der Waals surface area (Å²) in [5, 5.41) is 3.44. The topological polar surface area (TPSA) is 24.5 Å². The van der Waals surface area contributed by atoms with E-state index in [4.69, 9.17) is 4.74 Å². The Morgan fingerprint density at radius 1 is 1.50 bits per heavy atom. The van der Waals surface area contributed by atoms with Crippen LogP contribution < -0.4 is 5.32 Å². The SMILES string of the molecule is CCNCC1CCCN1CCCOC. The van der Waals surface area contributed by atoms with E-state index in [1.165, 1.54) is 32.4 Å². The van der Waals surface area contributed by atoms with Gasteiger partial charge < -0.3 is 10.1 Å². The second kappa shape index (κ2) is 7.21. The molecule has 3 nitrogen and oxygen atoms in total. The van der Waals surface area contributed by atoms with E-state index in [-0.39, 0.29) is 0 Å². The van der Waals surface area contributed by atoms with Gasteiger partial charge in [-0.1, -0.05) is 6.92 Å². The first kappa shape index (κ1) is 12.0. The number of rotatable bonds is 7. The fourth-order valence-corrected chi connectivity index (χ4v) is 2.14. The summed E-state index contributed by atoms with van der Waals surface area (Å²) < 4.78 is 5.08. The van der Waals surface area contributed by atoms with Gasteiger partial charge in [-0.3, -0.25) is 4.90 Å². The number of likely N-dealkylation sites (N-methyl/N-ethyl adjacent to an activating group) is 1. The average Bonchev–Trinajstić information content (AvgIpc) is 2.63. The van der Waals surface area contributed by atoms with E-state index in [1.54, 1.807) is 7.11 Å². The Labute approximate surface area is 87.8 Å². The Bertz CT molecular complexity index is 141. The molecule has 14 heavy (non-hydrogen) atoms. The van der Waals surface area contributed by atoms with Crippen molar-refractivity contribution >= 4 is 0 Å². The van der Waals surface area contributed by atoms with Crippen molar-refractivity contribution in [2.45, 2.75) is 32.2 Å². The van der Waals surface area contributed by atoms with Crippen molar-refractivity contribution in [3.05, 3.63) is 0 Å². The van der Waals surface area contributed by atoms with E-state index in [9.17, 15) is 0 Å². The minimum absolute atomic E-state index is 0.770. The van der Waals surface area contributed by atoms with Crippen molar-refractivity contribution < 1.29 is 4.74 Å². The Morgan fingerprint density at radius 2 is 2.36 bits per heavy atom. The molecule has 0 aliphatic carbocycles. The number of hydrogen-bond donors (Lipinski definition) is 1. The highest BCUT2D eigenvalue weighted by atomic mass is 16.5. The fourth-order valence-electron chi connectivity index (χ4n) is 2.14. The molecule has 3 heteroatoms. The van der Waals surface area contributed by atoms with E-state index >= 15 is 0 Å². The molecule has 0 saturated carbocycles. The normalized spacial score (nSPS) is 23.1. The van der Waals surface area contributed by atoms with Crippen LogP contribution in [0.1, 0.15) is 26.2 Å². The molecule has 0 aromatic heterocycles. The number of likely N-dealkylation sites (tertiary alicyclic amines) is 1. The number of nitrogens with zero attached hydrogens (tertiary/aromatic N) is 1. The quantitative estimate of drug-likeness (QED) is 0.623. The van der Waals surface area contributed by atoms with Gasteiger partial charge >= 0.3 is 0 Å². The van der Waals surface area contributed by atoms with E-state index < -0.39 is 0 Å². The molecule has 1 aliphatic heterocycles.